The summed E-state index contributed by atoms with van der Waals surface area (Å²) in [6.45, 7) is 2.72. The molecule has 0 radical (unpaired) electrons. The van der Waals surface area contributed by atoms with Crippen molar-refractivity contribution in [1.29, 1.82) is 0 Å². The van der Waals surface area contributed by atoms with Crippen molar-refractivity contribution in [3.05, 3.63) is 53.2 Å². The van der Waals surface area contributed by atoms with Crippen LogP contribution in [0.3, 0.4) is 0 Å². The van der Waals surface area contributed by atoms with E-state index in [1.807, 2.05) is 35.4 Å². The summed E-state index contributed by atoms with van der Waals surface area (Å²) in [5, 5.41) is 0. The normalized spacial score (nSPS) is 12.6. The first-order valence-corrected chi connectivity index (χ1v) is 12.6. The van der Waals surface area contributed by atoms with E-state index in [9.17, 15) is 4.79 Å². The molecule has 1 aliphatic rings. The molecule has 0 unspecified atom stereocenters. The molecule has 0 saturated carbocycles. The average molecular weight is 533 g/mol. The van der Waals surface area contributed by atoms with Gasteiger partial charge in [0.2, 0.25) is 5.91 Å². The number of amides is 1. The lowest BCUT2D eigenvalue weighted by atomic mass is 10.0. The fraction of sp³-hybridized carbons (Fsp3) is 0.483. The second kappa shape index (κ2) is 15.4. The molecule has 0 N–H and O–H groups in total. The zero-order chi connectivity index (χ0) is 25.9. The van der Waals surface area contributed by atoms with Gasteiger partial charge >= 0.3 is 0 Å². The molecule has 0 aromatic heterocycles. The molecule has 8 heteroatoms. The number of benzene rings is 2. The molecule has 3 rings (SSSR count). The van der Waals surface area contributed by atoms with Gasteiger partial charge in [-0.1, -0.05) is 6.42 Å². The topological polar surface area (TPSA) is 60.5 Å². The minimum atomic E-state index is 0. The zero-order valence-corrected chi connectivity index (χ0v) is 23.6. The second-order valence-corrected chi connectivity index (χ2v) is 9.17. The van der Waals surface area contributed by atoms with Gasteiger partial charge in [-0.05, 0) is 92.9 Å². The van der Waals surface area contributed by atoms with Gasteiger partial charge in [0.15, 0.2) is 11.5 Å². The van der Waals surface area contributed by atoms with Crippen LogP contribution in [0.2, 0.25) is 0 Å². The Morgan fingerprint density at radius 2 is 1.46 bits per heavy atom. The summed E-state index contributed by atoms with van der Waals surface area (Å²) >= 11 is 0. The molecule has 2 aromatic carbocycles. The molecule has 1 heterocycles. The standard InChI is InChI=1S/C29H40N2O5.ClH/c1-30(12-8-6-7-10-22-16-25(33-2)21-26(17-22)34-3)13-9-14-31-15-11-23-18-27(35-4)28(36-5)19-24(23)20-29(31)32;/h11,15-19,21H,6-10,12-14,20H2,1-5H3;1H. The molecule has 0 fully saturated rings. The average Bonchev–Trinajstić information content (AvgIpc) is 3.04. The first kappa shape index (κ1) is 30.3. The van der Waals surface area contributed by atoms with Crippen molar-refractivity contribution in [3.8, 4) is 23.0 Å². The van der Waals surface area contributed by atoms with E-state index in [1.54, 1.807) is 28.4 Å². The molecule has 1 amide bonds. The fourth-order valence-corrected chi connectivity index (χ4v) is 4.48. The molecule has 204 valence electrons. The van der Waals surface area contributed by atoms with Crippen molar-refractivity contribution in [1.82, 2.24) is 9.80 Å². The van der Waals surface area contributed by atoms with Crippen LogP contribution in [0.15, 0.2) is 36.5 Å². The number of fused-ring (bicyclic) bond motifs is 1. The van der Waals surface area contributed by atoms with Gasteiger partial charge in [-0.15, -0.1) is 12.4 Å². The number of methoxy groups -OCH3 is 4. The minimum absolute atomic E-state index is 0. The van der Waals surface area contributed by atoms with Gasteiger partial charge < -0.3 is 28.7 Å². The maximum absolute atomic E-state index is 12.8. The monoisotopic (exact) mass is 532 g/mol. The lowest BCUT2D eigenvalue weighted by molar-refractivity contribution is -0.127. The number of nitrogens with zero attached hydrogens (tertiary/aromatic N) is 2. The van der Waals surface area contributed by atoms with Crippen LogP contribution in [0.5, 0.6) is 23.0 Å². The summed E-state index contributed by atoms with van der Waals surface area (Å²) in [6, 6.07) is 9.90. The van der Waals surface area contributed by atoms with Crippen LogP contribution >= 0.6 is 12.4 Å². The van der Waals surface area contributed by atoms with E-state index >= 15 is 0 Å². The highest BCUT2D eigenvalue weighted by atomic mass is 35.5. The van der Waals surface area contributed by atoms with E-state index < -0.39 is 0 Å². The van der Waals surface area contributed by atoms with Crippen molar-refractivity contribution in [3.63, 3.8) is 0 Å². The van der Waals surface area contributed by atoms with E-state index in [2.05, 4.69) is 24.1 Å². The third-order valence-corrected chi connectivity index (χ3v) is 6.60. The van der Waals surface area contributed by atoms with Gasteiger partial charge in [-0.25, -0.2) is 0 Å². The van der Waals surface area contributed by atoms with Gasteiger partial charge in [-0.2, -0.15) is 0 Å². The Morgan fingerprint density at radius 3 is 2.11 bits per heavy atom. The van der Waals surface area contributed by atoms with E-state index in [4.69, 9.17) is 18.9 Å². The predicted octanol–water partition coefficient (Wildman–Crippen LogP) is 5.23. The maximum atomic E-state index is 12.8. The Balaban J connectivity index is 0.00000481. The SMILES string of the molecule is COc1cc(CCCCCN(C)CCCN2C=Cc3cc(OC)c(OC)cc3CC2=O)cc(OC)c1.Cl. The first-order valence-electron chi connectivity index (χ1n) is 12.6. The van der Waals surface area contributed by atoms with Gasteiger partial charge in [0.05, 0.1) is 34.9 Å². The Morgan fingerprint density at radius 1 is 0.811 bits per heavy atom. The van der Waals surface area contributed by atoms with Crippen LogP contribution in [0, 0.1) is 0 Å². The Labute approximate surface area is 227 Å². The number of hydrogen-bond donors (Lipinski definition) is 0. The summed E-state index contributed by atoms with van der Waals surface area (Å²) in [7, 11) is 8.75. The summed E-state index contributed by atoms with van der Waals surface area (Å²) in [6.07, 6.45) is 9.64. The number of halogens is 1. The van der Waals surface area contributed by atoms with Crippen LogP contribution in [0.4, 0.5) is 0 Å². The van der Waals surface area contributed by atoms with Crippen molar-refractivity contribution >= 4 is 24.4 Å². The number of rotatable bonds is 14. The number of carbonyl (C=O) groups is 1. The number of unbranched alkanes of at least 4 members (excludes halogenated alkanes) is 2. The van der Waals surface area contributed by atoms with Crippen LogP contribution < -0.4 is 18.9 Å². The molecular formula is C29H41ClN2O5. The molecule has 37 heavy (non-hydrogen) atoms. The smallest absolute Gasteiger partial charge is 0.230 e. The van der Waals surface area contributed by atoms with Gasteiger partial charge in [0.25, 0.3) is 0 Å². The molecule has 2 aromatic rings. The number of hydrogen-bond acceptors (Lipinski definition) is 6. The van der Waals surface area contributed by atoms with Crippen molar-refractivity contribution in [2.45, 2.75) is 38.5 Å². The summed E-state index contributed by atoms with van der Waals surface area (Å²) in [4.78, 5) is 17.0. The van der Waals surface area contributed by atoms with Crippen molar-refractivity contribution in [2.75, 3.05) is 55.1 Å². The number of ether oxygens (including phenoxy) is 4. The molecule has 0 spiro atoms. The van der Waals surface area contributed by atoms with E-state index in [0.29, 0.717) is 24.5 Å². The molecule has 7 nitrogen and oxygen atoms in total. The van der Waals surface area contributed by atoms with Gasteiger partial charge in [-0.3, -0.25) is 4.79 Å². The number of carbonyl (C=O) groups excluding carboxylic acids is 1. The molecule has 0 bridgehead atoms. The maximum Gasteiger partial charge on any atom is 0.230 e. The van der Waals surface area contributed by atoms with Crippen LogP contribution in [-0.2, 0) is 17.6 Å². The van der Waals surface area contributed by atoms with Crippen molar-refractivity contribution < 1.29 is 23.7 Å². The molecule has 1 aliphatic heterocycles. The van der Waals surface area contributed by atoms with E-state index in [0.717, 1.165) is 61.4 Å². The molecule has 0 aliphatic carbocycles. The van der Waals surface area contributed by atoms with E-state index in [-0.39, 0.29) is 18.3 Å². The number of aryl methyl sites for hydroxylation is 1. The van der Waals surface area contributed by atoms with Crippen LogP contribution in [-0.4, -0.2) is 70.8 Å². The molecule has 0 saturated heterocycles. The third-order valence-electron chi connectivity index (χ3n) is 6.60. The van der Waals surface area contributed by atoms with Crippen molar-refractivity contribution in [2.24, 2.45) is 0 Å². The largest absolute Gasteiger partial charge is 0.497 e. The summed E-state index contributed by atoms with van der Waals surface area (Å²) < 4.78 is 21.5. The zero-order valence-electron chi connectivity index (χ0n) is 22.7. The molecule has 0 atom stereocenters. The third kappa shape index (κ3) is 8.86. The second-order valence-electron chi connectivity index (χ2n) is 9.17. The molecular weight excluding hydrogens is 492 g/mol. The summed E-state index contributed by atoms with van der Waals surface area (Å²) in [5.74, 6) is 3.10. The quantitative estimate of drug-likeness (QED) is 0.310. The highest BCUT2D eigenvalue weighted by Gasteiger charge is 2.19. The van der Waals surface area contributed by atoms with E-state index in [1.165, 1.54) is 12.0 Å². The Bertz CT molecular complexity index is 1020. The first-order chi connectivity index (χ1) is 17.5. The van der Waals surface area contributed by atoms with Crippen LogP contribution in [0.1, 0.15) is 42.4 Å². The predicted molar refractivity (Wildman–Crippen MR) is 150 cm³/mol. The van der Waals surface area contributed by atoms with Crippen LogP contribution in [0.25, 0.3) is 6.08 Å². The Kier molecular flexibility index (Phi) is 12.6. The highest BCUT2D eigenvalue weighted by Crippen LogP contribution is 2.32. The van der Waals surface area contributed by atoms with Gasteiger partial charge in [0, 0.05) is 18.8 Å². The minimum Gasteiger partial charge on any atom is -0.497 e. The Hall–Kier alpha value is -2.90. The lowest BCUT2D eigenvalue weighted by Crippen LogP contribution is -2.30. The van der Waals surface area contributed by atoms with Gasteiger partial charge in [0.1, 0.15) is 11.5 Å². The fourth-order valence-electron chi connectivity index (χ4n) is 4.48. The highest BCUT2D eigenvalue weighted by molar-refractivity contribution is 5.85. The lowest BCUT2D eigenvalue weighted by Gasteiger charge is -2.20. The summed E-state index contributed by atoms with van der Waals surface area (Å²) in [5.41, 5.74) is 3.20.